The fraction of sp³-hybridized carbons (Fsp3) is 0.478. The van der Waals surface area contributed by atoms with Crippen LogP contribution in [0.3, 0.4) is 0 Å². The Kier molecular flexibility index (Phi) is 5.65. The van der Waals surface area contributed by atoms with Crippen LogP contribution in [0.25, 0.3) is 0 Å². The monoisotopic (exact) mass is 395 g/mol. The number of carbonyl (C=O) groups is 1. The van der Waals surface area contributed by atoms with Crippen molar-refractivity contribution in [1.29, 1.82) is 0 Å². The Morgan fingerprint density at radius 2 is 2.21 bits per heavy atom. The van der Waals surface area contributed by atoms with Gasteiger partial charge in [0.1, 0.15) is 0 Å². The number of amides is 1. The molecule has 148 valence electrons. The molecule has 0 saturated carbocycles. The van der Waals surface area contributed by atoms with Gasteiger partial charge in [0.25, 0.3) is 5.91 Å². The maximum atomic E-state index is 13.2. The topological polar surface area (TPSA) is 36.4 Å². The Morgan fingerprint density at radius 3 is 2.93 bits per heavy atom. The van der Waals surface area contributed by atoms with Crippen LogP contribution in [0.5, 0.6) is 0 Å². The van der Waals surface area contributed by atoms with E-state index in [0.717, 1.165) is 50.3 Å². The van der Waals surface area contributed by atoms with Crippen molar-refractivity contribution in [2.75, 3.05) is 13.1 Å². The van der Waals surface area contributed by atoms with Gasteiger partial charge in [-0.1, -0.05) is 39.0 Å². The largest absolute Gasteiger partial charge is 0.328 e. The van der Waals surface area contributed by atoms with Crippen molar-refractivity contribution >= 4 is 17.2 Å². The molecule has 0 saturated heterocycles. The Hall–Kier alpha value is -1.98. The number of hydrogen-bond acceptors (Lipinski definition) is 4. The van der Waals surface area contributed by atoms with Gasteiger partial charge < -0.3 is 4.90 Å². The van der Waals surface area contributed by atoms with Gasteiger partial charge in [0, 0.05) is 42.6 Å². The predicted octanol–water partition coefficient (Wildman–Crippen LogP) is 4.30. The molecule has 28 heavy (non-hydrogen) atoms. The first-order chi connectivity index (χ1) is 13.6. The molecule has 0 N–H and O–H groups in total. The van der Waals surface area contributed by atoms with Crippen molar-refractivity contribution in [1.82, 2.24) is 14.8 Å². The summed E-state index contributed by atoms with van der Waals surface area (Å²) < 4.78 is 0. The zero-order valence-electron chi connectivity index (χ0n) is 17.0. The highest BCUT2D eigenvalue weighted by molar-refractivity contribution is 7.10. The van der Waals surface area contributed by atoms with Crippen molar-refractivity contribution < 1.29 is 4.79 Å². The van der Waals surface area contributed by atoms with Crippen LogP contribution in [-0.2, 0) is 25.9 Å². The van der Waals surface area contributed by atoms with E-state index in [-0.39, 0.29) is 11.9 Å². The van der Waals surface area contributed by atoms with Gasteiger partial charge in [-0.25, -0.2) is 0 Å². The summed E-state index contributed by atoms with van der Waals surface area (Å²) in [5, 5.41) is 2.08. The van der Waals surface area contributed by atoms with Crippen LogP contribution in [-0.4, -0.2) is 39.8 Å². The number of rotatable bonds is 5. The van der Waals surface area contributed by atoms with Crippen LogP contribution in [0.1, 0.15) is 52.8 Å². The molecule has 0 spiro atoms. The first-order valence-corrected chi connectivity index (χ1v) is 11.2. The number of hydrogen-bond donors (Lipinski definition) is 0. The summed E-state index contributed by atoms with van der Waals surface area (Å²) in [4.78, 5) is 23.6. The first-order valence-electron chi connectivity index (χ1n) is 10.3. The molecule has 0 fully saturated rings. The Balaban J connectivity index is 1.45. The third-order valence-corrected chi connectivity index (χ3v) is 6.89. The van der Waals surface area contributed by atoms with E-state index in [1.807, 2.05) is 11.1 Å². The number of aryl methyl sites for hydroxylation is 1. The Bertz CT molecular complexity index is 868. The maximum Gasteiger partial charge on any atom is 0.255 e. The van der Waals surface area contributed by atoms with Crippen LogP contribution >= 0.6 is 11.3 Å². The molecule has 4 heterocycles. The lowest BCUT2D eigenvalue weighted by Crippen LogP contribution is -2.39. The number of carbonyl (C=O) groups excluding carboxylic acids is 1. The smallest absolute Gasteiger partial charge is 0.255 e. The molecule has 2 aliphatic heterocycles. The minimum atomic E-state index is 0.200. The summed E-state index contributed by atoms with van der Waals surface area (Å²) in [7, 11) is 0. The van der Waals surface area contributed by atoms with Crippen LogP contribution in [0.2, 0.25) is 0 Å². The van der Waals surface area contributed by atoms with E-state index in [9.17, 15) is 4.79 Å². The quantitative estimate of drug-likeness (QED) is 0.708. The van der Waals surface area contributed by atoms with E-state index < -0.39 is 0 Å². The molecule has 1 amide bonds. The normalized spacial score (nSPS) is 19.4. The van der Waals surface area contributed by atoms with Gasteiger partial charge in [-0.2, -0.15) is 0 Å². The van der Waals surface area contributed by atoms with Gasteiger partial charge in [0.15, 0.2) is 0 Å². The van der Waals surface area contributed by atoms with Gasteiger partial charge in [-0.15, -0.1) is 11.3 Å². The molecule has 5 heteroatoms. The zero-order chi connectivity index (χ0) is 19.7. The average Bonchev–Trinajstić information content (AvgIpc) is 3.35. The van der Waals surface area contributed by atoms with Crippen molar-refractivity contribution in [3.63, 3.8) is 0 Å². The number of pyridine rings is 1. The number of thiophene rings is 1. The lowest BCUT2D eigenvalue weighted by atomic mass is 10.00. The summed E-state index contributed by atoms with van der Waals surface area (Å²) in [6.45, 7) is 10.0. The van der Waals surface area contributed by atoms with Crippen LogP contribution < -0.4 is 0 Å². The molecule has 0 bridgehead atoms. The van der Waals surface area contributed by atoms with Crippen molar-refractivity contribution in [3.8, 4) is 0 Å². The third kappa shape index (κ3) is 3.78. The molecule has 4 rings (SSSR count). The van der Waals surface area contributed by atoms with Crippen LogP contribution in [0.15, 0.2) is 35.9 Å². The minimum Gasteiger partial charge on any atom is -0.328 e. The van der Waals surface area contributed by atoms with Crippen molar-refractivity contribution in [2.45, 2.75) is 52.7 Å². The zero-order valence-corrected chi connectivity index (χ0v) is 17.8. The molecule has 1 atom stereocenters. The highest BCUT2D eigenvalue weighted by Gasteiger charge is 2.31. The molecule has 2 aliphatic rings. The van der Waals surface area contributed by atoms with E-state index in [0.29, 0.717) is 5.92 Å². The predicted molar refractivity (Wildman–Crippen MR) is 115 cm³/mol. The number of fused-ring (bicyclic) bond motifs is 1. The second-order valence-electron chi connectivity index (χ2n) is 8.14. The number of nitrogens with zero attached hydrogens (tertiary/aromatic N) is 3. The Labute approximate surface area is 171 Å². The highest BCUT2D eigenvalue weighted by Crippen LogP contribution is 2.31. The van der Waals surface area contributed by atoms with E-state index in [1.165, 1.54) is 16.0 Å². The van der Waals surface area contributed by atoms with Gasteiger partial charge in [0.2, 0.25) is 0 Å². The summed E-state index contributed by atoms with van der Waals surface area (Å²) >= 11 is 1.74. The summed E-state index contributed by atoms with van der Waals surface area (Å²) in [6.07, 6.45) is 8.26. The van der Waals surface area contributed by atoms with E-state index in [1.54, 1.807) is 11.3 Å². The van der Waals surface area contributed by atoms with E-state index in [2.05, 4.69) is 60.3 Å². The molecule has 0 radical (unpaired) electrons. The SMILES string of the molecule is CCc1ccc(CN2CCc3c(C(=O)N4CC=C[C@H]4C(C)C)csc3C2)nc1. The van der Waals surface area contributed by atoms with E-state index in [4.69, 9.17) is 0 Å². The maximum absolute atomic E-state index is 13.2. The molecule has 2 aromatic heterocycles. The second-order valence-corrected chi connectivity index (χ2v) is 9.11. The third-order valence-electron chi connectivity index (χ3n) is 5.88. The molecular weight excluding hydrogens is 366 g/mol. The van der Waals surface area contributed by atoms with Gasteiger partial charge in [-0.05, 0) is 36.0 Å². The fourth-order valence-corrected chi connectivity index (χ4v) is 5.29. The lowest BCUT2D eigenvalue weighted by molar-refractivity contribution is 0.0719. The molecule has 4 nitrogen and oxygen atoms in total. The summed E-state index contributed by atoms with van der Waals surface area (Å²) in [6, 6.07) is 4.54. The first kappa shape index (κ1) is 19.3. The van der Waals surface area contributed by atoms with Gasteiger partial charge >= 0.3 is 0 Å². The molecule has 0 unspecified atom stereocenters. The highest BCUT2D eigenvalue weighted by atomic mass is 32.1. The fourth-order valence-electron chi connectivity index (χ4n) is 4.18. The van der Waals surface area contributed by atoms with Gasteiger partial charge in [-0.3, -0.25) is 14.7 Å². The standard InChI is InChI=1S/C23H29N3OS/c1-4-17-7-8-18(24-12-17)13-25-11-9-19-20(15-28-22(19)14-25)23(27)26-10-5-6-21(26)16(2)3/h5-8,12,15-16,21H,4,9-11,13-14H2,1-3H3/t21-/m0/s1. The van der Waals surface area contributed by atoms with Crippen LogP contribution in [0, 0.1) is 5.92 Å². The minimum absolute atomic E-state index is 0.200. The molecule has 0 aliphatic carbocycles. The van der Waals surface area contributed by atoms with Crippen molar-refractivity contribution in [2.24, 2.45) is 5.92 Å². The number of aromatic nitrogens is 1. The van der Waals surface area contributed by atoms with Gasteiger partial charge in [0.05, 0.1) is 17.3 Å². The summed E-state index contributed by atoms with van der Waals surface area (Å²) in [5.74, 6) is 0.644. The van der Waals surface area contributed by atoms with E-state index >= 15 is 0 Å². The van der Waals surface area contributed by atoms with Crippen LogP contribution in [0.4, 0.5) is 0 Å². The lowest BCUT2D eigenvalue weighted by Gasteiger charge is -2.29. The summed E-state index contributed by atoms with van der Waals surface area (Å²) in [5.41, 5.74) is 4.60. The molecule has 0 aromatic carbocycles. The second kappa shape index (κ2) is 8.18. The Morgan fingerprint density at radius 1 is 1.36 bits per heavy atom. The molecular formula is C23H29N3OS. The molecule has 2 aromatic rings. The average molecular weight is 396 g/mol. The van der Waals surface area contributed by atoms with Crippen molar-refractivity contribution in [3.05, 3.63) is 63.1 Å².